The maximum atomic E-state index is 14.7. The number of alkyl halides is 3. The monoisotopic (exact) mass is 590 g/mol. The Hall–Kier alpha value is -4.66. The second-order valence-corrected chi connectivity index (χ2v) is 9.47. The lowest BCUT2D eigenvalue weighted by Gasteiger charge is -2.34. The van der Waals surface area contributed by atoms with E-state index < -0.39 is 23.8 Å². The molecule has 0 amide bonds. The summed E-state index contributed by atoms with van der Waals surface area (Å²) in [6, 6.07) is 12.0. The van der Waals surface area contributed by atoms with Crippen LogP contribution in [-0.4, -0.2) is 80.1 Å². The van der Waals surface area contributed by atoms with Crippen LogP contribution in [0.15, 0.2) is 48.7 Å². The molecule has 0 aliphatic carbocycles. The van der Waals surface area contributed by atoms with E-state index in [4.69, 9.17) is 9.90 Å². The molecule has 2 aromatic heterocycles. The summed E-state index contributed by atoms with van der Waals surface area (Å²) in [6.07, 6.45) is -3.99. The SMILES string of the molecule is Cc1nc(C)n(-c2ccc(Nc3ncc(F)c(-c4cc(F)cc(N5CCN(C)CC5)c4)n3)cc2)n1.O=C(O)C(F)(F)F. The average Bonchev–Trinajstić information content (AvgIpc) is 3.27. The van der Waals surface area contributed by atoms with Crippen molar-refractivity contribution in [2.24, 2.45) is 0 Å². The predicted octanol–water partition coefficient (Wildman–Crippen LogP) is 4.75. The number of likely N-dealkylation sites (N-methyl/N-ethyl adjacent to an activating group) is 1. The number of anilines is 3. The number of rotatable bonds is 5. The van der Waals surface area contributed by atoms with Crippen LogP contribution in [0, 0.1) is 25.5 Å². The van der Waals surface area contributed by atoms with Crippen molar-refractivity contribution in [2.45, 2.75) is 20.0 Å². The van der Waals surface area contributed by atoms with Crippen molar-refractivity contribution in [2.75, 3.05) is 43.4 Å². The molecule has 1 aliphatic heterocycles. The zero-order valence-electron chi connectivity index (χ0n) is 22.8. The van der Waals surface area contributed by atoms with Crippen molar-refractivity contribution in [3.63, 3.8) is 0 Å². The van der Waals surface area contributed by atoms with Crippen molar-refractivity contribution in [3.05, 3.63) is 71.9 Å². The Morgan fingerprint density at radius 1 is 0.952 bits per heavy atom. The van der Waals surface area contributed by atoms with Crippen LogP contribution in [0.2, 0.25) is 0 Å². The number of aromatic nitrogens is 5. The van der Waals surface area contributed by atoms with Crippen molar-refractivity contribution in [1.82, 2.24) is 29.6 Å². The van der Waals surface area contributed by atoms with Crippen molar-refractivity contribution >= 4 is 23.3 Å². The molecular formula is C27H27F5N8O2. The Bertz CT molecular complexity index is 1550. The number of hydrogen-bond donors (Lipinski definition) is 2. The number of carboxylic acid groups (broad SMARTS) is 1. The van der Waals surface area contributed by atoms with E-state index in [9.17, 15) is 22.0 Å². The number of halogens is 5. The van der Waals surface area contributed by atoms with Gasteiger partial charge in [-0.1, -0.05) is 0 Å². The van der Waals surface area contributed by atoms with E-state index >= 15 is 0 Å². The standard InChI is InChI=1S/C25H26F2N8.C2HF3O2/c1-16-29-17(2)35(32-16)21-6-4-20(5-7-21)30-25-28-15-23(27)24(31-25)18-12-19(26)14-22(13-18)34-10-8-33(3)9-11-34;3-2(4,5)1(6)7/h4-7,12-15H,8-11H2,1-3H3,(H,28,30,31);(H,6,7). The predicted molar refractivity (Wildman–Crippen MR) is 145 cm³/mol. The van der Waals surface area contributed by atoms with Crippen LogP contribution in [0.1, 0.15) is 11.6 Å². The molecule has 1 fully saturated rings. The second-order valence-electron chi connectivity index (χ2n) is 9.47. The fourth-order valence-corrected chi connectivity index (χ4v) is 4.17. The molecule has 2 aromatic carbocycles. The first-order valence-electron chi connectivity index (χ1n) is 12.6. The third-order valence-electron chi connectivity index (χ3n) is 6.25. The molecule has 0 saturated carbocycles. The van der Waals surface area contributed by atoms with Crippen LogP contribution in [0.3, 0.4) is 0 Å². The van der Waals surface area contributed by atoms with Gasteiger partial charge in [-0.3, -0.25) is 0 Å². The van der Waals surface area contributed by atoms with Crippen LogP contribution >= 0.6 is 0 Å². The van der Waals surface area contributed by atoms with Crippen LogP contribution in [0.25, 0.3) is 16.9 Å². The number of nitrogens with zero attached hydrogens (tertiary/aromatic N) is 7. The molecule has 222 valence electrons. The van der Waals surface area contributed by atoms with Crippen molar-refractivity contribution in [1.29, 1.82) is 0 Å². The molecule has 0 unspecified atom stereocenters. The first-order chi connectivity index (χ1) is 19.8. The molecule has 0 radical (unpaired) electrons. The first kappa shape index (κ1) is 30.3. The van der Waals surface area contributed by atoms with E-state index in [0.717, 1.165) is 55.3 Å². The van der Waals surface area contributed by atoms with E-state index in [2.05, 4.69) is 42.2 Å². The lowest BCUT2D eigenvalue weighted by molar-refractivity contribution is -0.192. The van der Waals surface area contributed by atoms with Crippen molar-refractivity contribution < 1.29 is 31.9 Å². The number of hydrogen-bond acceptors (Lipinski definition) is 8. The van der Waals surface area contributed by atoms with E-state index in [1.54, 1.807) is 10.7 Å². The number of aliphatic carboxylic acids is 1. The molecule has 0 bridgehead atoms. The van der Waals surface area contributed by atoms with Crippen LogP contribution in [0.5, 0.6) is 0 Å². The quantitative estimate of drug-likeness (QED) is 0.318. The fraction of sp³-hybridized carbons (Fsp3) is 0.296. The highest BCUT2D eigenvalue weighted by atomic mass is 19.4. The summed E-state index contributed by atoms with van der Waals surface area (Å²) in [6.45, 7) is 7.06. The van der Waals surface area contributed by atoms with Gasteiger partial charge < -0.3 is 20.2 Å². The van der Waals surface area contributed by atoms with Gasteiger partial charge in [0.2, 0.25) is 5.95 Å². The van der Waals surface area contributed by atoms with Gasteiger partial charge >= 0.3 is 12.1 Å². The largest absolute Gasteiger partial charge is 0.490 e. The summed E-state index contributed by atoms with van der Waals surface area (Å²) in [5, 5.41) is 14.6. The van der Waals surface area contributed by atoms with Gasteiger partial charge in [-0.2, -0.15) is 18.3 Å². The van der Waals surface area contributed by atoms with Crippen LogP contribution in [-0.2, 0) is 4.79 Å². The molecule has 0 atom stereocenters. The molecule has 42 heavy (non-hydrogen) atoms. The molecular weight excluding hydrogens is 563 g/mol. The summed E-state index contributed by atoms with van der Waals surface area (Å²) in [5.41, 5.74) is 2.72. The molecule has 1 saturated heterocycles. The normalized spacial score (nSPS) is 13.9. The number of carbonyl (C=O) groups is 1. The third kappa shape index (κ3) is 7.54. The Labute approximate surface area is 237 Å². The smallest absolute Gasteiger partial charge is 0.475 e. The highest BCUT2D eigenvalue weighted by Crippen LogP contribution is 2.29. The highest BCUT2D eigenvalue weighted by Gasteiger charge is 2.38. The molecule has 1 aliphatic rings. The molecule has 4 aromatic rings. The van der Waals surface area contributed by atoms with Crippen LogP contribution in [0.4, 0.5) is 39.3 Å². The van der Waals surface area contributed by atoms with Gasteiger partial charge in [-0.05, 0) is 63.4 Å². The zero-order valence-corrected chi connectivity index (χ0v) is 22.8. The Morgan fingerprint density at radius 2 is 1.60 bits per heavy atom. The van der Waals surface area contributed by atoms with Gasteiger partial charge in [0.15, 0.2) is 5.82 Å². The number of benzene rings is 2. The van der Waals surface area contributed by atoms with Crippen molar-refractivity contribution in [3.8, 4) is 16.9 Å². The number of carboxylic acids is 1. The maximum absolute atomic E-state index is 14.7. The minimum atomic E-state index is -5.08. The second kappa shape index (κ2) is 12.5. The van der Waals surface area contributed by atoms with Gasteiger partial charge in [0.25, 0.3) is 0 Å². The highest BCUT2D eigenvalue weighted by molar-refractivity contribution is 5.73. The Balaban J connectivity index is 0.000000517. The molecule has 10 nitrogen and oxygen atoms in total. The summed E-state index contributed by atoms with van der Waals surface area (Å²) in [7, 11) is 2.06. The Morgan fingerprint density at radius 3 is 2.17 bits per heavy atom. The van der Waals surface area contributed by atoms with Gasteiger partial charge in [-0.25, -0.2) is 33.2 Å². The summed E-state index contributed by atoms with van der Waals surface area (Å²) < 4.78 is 62.7. The van der Waals surface area contributed by atoms with Gasteiger partial charge in [-0.15, -0.1) is 0 Å². The average molecular weight is 591 g/mol. The molecule has 5 rings (SSSR count). The minimum absolute atomic E-state index is 0.0442. The van der Waals surface area contributed by atoms with E-state index in [0.29, 0.717) is 11.4 Å². The topological polar surface area (TPSA) is 112 Å². The van der Waals surface area contributed by atoms with E-state index in [1.165, 1.54) is 12.1 Å². The zero-order chi connectivity index (χ0) is 30.6. The fourth-order valence-electron chi connectivity index (χ4n) is 4.17. The van der Waals surface area contributed by atoms with Gasteiger partial charge in [0.1, 0.15) is 23.2 Å². The molecule has 2 N–H and O–H groups in total. The van der Waals surface area contributed by atoms with Gasteiger partial charge in [0, 0.05) is 43.1 Å². The lowest BCUT2D eigenvalue weighted by Crippen LogP contribution is -2.44. The lowest BCUT2D eigenvalue weighted by atomic mass is 10.1. The molecule has 3 heterocycles. The van der Waals surface area contributed by atoms with Crippen LogP contribution < -0.4 is 10.2 Å². The van der Waals surface area contributed by atoms with E-state index in [-0.39, 0.29) is 11.6 Å². The first-order valence-corrected chi connectivity index (χ1v) is 12.6. The summed E-state index contributed by atoms with van der Waals surface area (Å²) in [5.74, 6) is -2.10. The summed E-state index contributed by atoms with van der Waals surface area (Å²) >= 11 is 0. The minimum Gasteiger partial charge on any atom is -0.475 e. The van der Waals surface area contributed by atoms with Gasteiger partial charge in [0.05, 0.1) is 11.9 Å². The number of piperazine rings is 1. The number of aryl methyl sites for hydroxylation is 2. The third-order valence-corrected chi connectivity index (χ3v) is 6.25. The molecule has 15 heteroatoms. The summed E-state index contributed by atoms with van der Waals surface area (Å²) in [4.78, 5) is 26.0. The molecule has 0 spiro atoms. The van der Waals surface area contributed by atoms with E-state index in [1.807, 2.05) is 38.1 Å². The maximum Gasteiger partial charge on any atom is 0.490 e. The Kier molecular flexibility index (Phi) is 8.99. The number of nitrogens with one attached hydrogen (secondary N) is 1.